The summed E-state index contributed by atoms with van der Waals surface area (Å²) >= 11 is 0. The van der Waals surface area contributed by atoms with Gasteiger partial charge in [0.15, 0.2) is 0 Å². The molecule has 0 saturated heterocycles. The molecule has 4 nitrogen and oxygen atoms in total. The first kappa shape index (κ1) is 29.4. The van der Waals surface area contributed by atoms with Crippen LogP contribution in [0.1, 0.15) is 5.56 Å². The normalized spacial score (nSPS) is 11.8. The predicted octanol–water partition coefficient (Wildman–Crippen LogP) is 12.5. The monoisotopic (exact) mass is 674 g/mol. The molecule has 3 heterocycles. The van der Waals surface area contributed by atoms with Crippen molar-refractivity contribution >= 4 is 65.4 Å². The largest absolute Gasteiger partial charge is 0.309 e. The molecule has 0 unspecified atom stereocenters. The summed E-state index contributed by atoms with van der Waals surface area (Å²) in [5, 5.41) is 17.8. The highest BCUT2D eigenvalue weighted by Crippen LogP contribution is 2.43. The van der Waals surface area contributed by atoms with Crippen molar-refractivity contribution < 1.29 is 0 Å². The first-order chi connectivity index (χ1) is 26.3. The molecule has 0 amide bonds. The standard InChI is InChI=1S/C49H30N4/c50-31-33-14-12-27-46(49(33)53-42-23-9-5-17-36(42)37-18-6-10-24-43(37)53)52-44-25-11-7-20-40(44)48-35(21-13-26-45(48)52)32-28-29-39-38-19-4-8-22-41(38)51(47(39)30-32)34-15-2-1-3-16-34/h1-30H. The third-order valence-corrected chi connectivity index (χ3v) is 10.9. The van der Waals surface area contributed by atoms with Gasteiger partial charge in [-0.05, 0) is 71.8 Å². The zero-order chi connectivity index (χ0) is 35.0. The molecule has 0 saturated carbocycles. The highest BCUT2D eigenvalue weighted by Gasteiger charge is 2.23. The molecule has 4 heteroatoms. The van der Waals surface area contributed by atoms with Crippen LogP contribution in [0.3, 0.4) is 0 Å². The Balaban J connectivity index is 1.22. The molecule has 11 rings (SSSR count). The molecule has 0 radical (unpaired) electrons. The van der Waals surface area contributed by atoms with Gasteiger partial charge >= 0.3 is 0 Å². The molecule has 246 valence electrons. The van der Waals surface area contributed by atoms with Crippen molar-refractivity contribution in [2.45, 2.75) is 0 Å². The summed E-state index contributed by atoms with van der Waals surface area (Å²) in [6.45, 7) is 0. The highest BCUT2D eigenvalue weighted by atomic mass is 15.1. The van der Waals surface area contributed by atoms with Crippen molar-refractivity contribution in [3.8, 4) is 34.3 Å². The van der Waals surface area contributed by atoms with Crippen LogP contribution in [0.25, 0.3) is 93.6 Å². The lowest BCUT2D eigenvalue weighted by Gasteiger charge is -2.18. The van der Waals surface area contributed by atoms with Crippen LogP contribution in [0.4, 0.5) is 0 Å². The molecule has 0 N–H and O–H groups in total. The summed E-state index contributed by atoms with van der Waals surface area (Å²) in [6.07, 6.45) is 0. The lowest BCUT2D eigenvalue weighted by Crippen LogP contribution is -2.05. The molecule has 0 aliphatic rings. The minimum absolute atomic E-state index is 0.621. The van der Waals surface area contributed by atoms with E-state index in [1.54, 1.807) is 0 Å². The highest BCUT2D eigenvalue weighted by molar-refractivity contribution is 6.18. The van der Waals surface area contributed by atoms with Crippen LogP contribution in [0, 0.1) is 11.3 Å². The molecule has 0 atom stereocenters. The van der Waals surface area contributed by atoms with Crippen LogP contribution in [-0.2, 0) is 0 Å². The van der Waals surface area contributed by atoms with E-state index in [1.165, 1.54) is 32.8 Å². The summed E-state index contributed by atoms with van der Waals surface area (Å²) in [5.74, 6) is 0. The van der Waals surface area contributed by atoms with E-state index in [1.807, 2.05) is 12.1 Å². The number of hydrogen-bond acceptors (Lipinski definition) is 1. The van der Waals surface area contributed by atoms with Crippen molar-refractivity contribution in [1.82, 2.24) is 13.7 Å². The molecule has 53 heavy (non-hydrogen) atoms. The number of hydrogen-bond donors (Lipinski definition) is 0. The number of rotatable bonds is 4. The van der Waals surface area contributed by atoms with E-state index in [9.17, 15) is 5.26 Å². The minimum Gasteiger partial charge on any atom is -0.309 e. The van der Waals surface area contributed by atoms with E-state index >= 15 is 0 Å². The Morgan fingerprint density at radius 3 is 1.57 bits per heavy atom. The van der Waals surface area contributed by atoms with Crippen LogP contribution in [0.15, 0.2) is 182 Å². The Kier molecular flexibility index (Phi) is 6.28. The van der Waals surface area contributed by atoms with Gasteiger partial charge in [0.2, 0.25) is 0 Å². The molecule has 0 bridgehead atoms. The van der Waals surface area contributed by atoms with Gasteiger partial charge in [-0.2, -0.15) is 5.26 Å². The van der Waals surface area contributed by atoms with Crippen LogP contribution < -0.4 is 0 Å². The maximum absolute atomic E-state index is 10.7. The summed E-state index contributed by atoms with van der Waals surface area (Å²) in [7, 11) is 0. The topological polar surface area (TPSA) is 38.6 Å². The lowest BCUT2D eigenvalue weighted by molar-refractivity contribution is 1.09. The van der Waals surface area contributed by atoms with E-state index < -0.39 is 0 Å². The zero-order valence-corrected chi connectivity index (χ0v) is 28.6. The third kappa shape index (κ3) is 4.16. The zero-order valence-electron chi connectivity index (χ0n) is 28.6. The summed E-state index contributed by atoms with van der Waals surface area (Å²) < 4.78 is 7.01. The Morgan fingerprint density at radius 1 is 0.377 bits per heavy atom. The number of fused-ring (bicyclic) bond motifs is 9. The summed E-state index contributed by atoms with van der Waals surface area (Å²) in [5.41, 5.74) is 12.6. The van der Waals surface area contributed by atoms with E-state index in [0.29, 0.717) is 5.56 Å². The van der Waals surface area contributed by atoms with Gasteiger partial charge in [-0.15, -0.1) is 0 Å². The first-order valence-corrected chi connectivity index (χ1v) is 17.9. The predicted molar refractivity (Wildman–Crippen MR) is 220 cm³/mol. The SMILES string of the molecule is N#Cc1cccc(-n2c3ccccc3c3c(-c4ccc5c6ccccc6n(-c6ccccc6)c5c4)cccc32)c1-n1c2ccccc2c2ccccc21. The molecule has 3 aromatic heterocycles. The maximum atomic E-state index is 10.7. The van der Waals surface area contributed by atoms with Crippen molar-refractivity contribution in [2.24, 2.45) is 0 Å². The fraction of sp³-hybridized carbons (Fsp3) is 0. The Labute approximate surface area is 305 Å². The number of para-hydroxylation sites is 6. The summed E-state index contributed by atoms with van der Waals surface area (Å²) in [6, 6.07) is 67.1. The number of aromatic nitrogens is 3. The molecular weight excluding hydrogens is 645 g/mol. The van der Waals surface area contributed by atoms with Gasteiger partial charge in [-0.1, -0.05) is 121 Å². The van der Waals surface area contributed by atoms with E-state index in [0.717, 1.165) is 60.9 Å². The van der Waals surface area contributed by atoms with Gasteiger partial charge in [-0.3, -0.25) is 0 Å². The number of nitrogens with zero attached hydrogens (tertiary/aromatic N) is 4. The molecule has 8 aromatic carbocycles. The molecule has 11 aromatic rings. The van der Waals surface area contributed by atoms with Crippen molar-refractivity contribution in [1.29, 1.82) is 5.26 Å². The van der Waals surface area contributed by atoms with Crippen LogP contribution in [0.5, 0.6) is 0 Å². The molecule has 0 aliphatic carbocycles. The van der Waals surface area contributed by atoms with Gasteiger partial charge in [-0.25, -0.2) is 0 Å². The van der Waals surface area contributed by atoms with Crippen LogP contribution in [-0.4, -0.2) is 13.7 Å². The molecule has 0 aliphatic heterocycles. The molecule has 0 fully saturated rings. The van der Waals surface area contributed by atoms with Crippen molar-refractivity contribution in [3.05, 3.63) is 188 Å². The maximum Gasteiger partial charge on any atom is 0.101 e. The number of benzene rings is 8. The average Bonchev–Trinajstić information content (AvgIpc) is 3.86. The van der Waals surface area contributed by atoms with Crippen molar-refractivity contribution in [3.63, 3.8) is 0 Å². The second-order valence-corrected chi connectivity index (χ2v) is 13.6. The number of nitriles is 1. The Morgan fingerprint density at radius 2 is 0.906 bits per heavy atom. The van der Waals surface area contributed by atoms with E-state index in [-0.39, 0.29) is 0 Å². The third-order valence-electron chi connectivity index (χ3n) is 10.9. The second kappa shape index (κ2) is 11.3. The van der Waals surface area contributed by atoms with Crippen molar-refractivity contribution in [2.75, 3.05) is 0 Å². The summed E-state index contributed by atoms with van der Waals surface area (Å²) in [4.78, 5) is 0. The van der Waals surface area contributed by atoms with Gasteiger partial charge in [0.1, 0.15) is 6.07 Å². The fourth-order valence-corrected chi connectivity index (χ4v) is 8.71. The Bertz CT molecular complexity index is 3240. The van der Waals surface area contributed by atoms with Gasteiger partial charge in [0.25, 0.3) is 0 Å². The Hall–Kier alpha value is -7.35. The fourth-order valence-electron chi connectivity index (χ4n) is 8.71. The van der Waals surface area contributed by atoms with E-state index in [4.69, 9.17) is 0 Å². The quantitative estimate of drug-likeness (QED) is 0.183. The smallest absolute Gasteiger partial charge is 0.101 e. The van der Waals surface area contributed by atoms with Crippen LogP contribution >= 0.6 is 0 Å². The first-order valence-electron chi connectivity index (χ1n) is 17.9. The minimum atomic E-state index is 0.621. The van der Waals surface area contributed by atoms with E-state index in [2.05, 4.69) is 190 Å². The lowest BCUT2D eigenvalue weighted by atomic mass is 9.98. The van der Waals surface area contributed by atoms with Crippen LogP contribution in [0.2, 0.25) is 0 Å². The molecule has 0 spiro atoms. The van der Waals surface area contributed by atoms with Gasteiger partial charge in [0, 0.05) is 38.0 Å². The van der Waals surface area contributed by atoms with Gasteiger partial charge in [0.05, 0.1) is 50.0 Å². The molecular formula is C49H30N4. The average molecular weight is 675 g/mol. The van der Waals surface area contributed by atoms with Gasteiger partial charge < -0.3 is 13.7 Å². The second-order valence-electron chi connectivity index (χ2n) is 13.6.